The second-order valence-corrected chi connectivity index (χ2v) is 5.61. The first-order valence-electron chi connectivity index (χ1n) is 5.99. The molecule has 0 aromatic carbocycles. The molecule has 0 saturated heterocycles. The van der Waals surface area contributed by atoms with Crippen molar-refractivity contribution in [1.82, 2.24) is 0 Å². The highest BCUT2D eigenvalue weighted by atomic mass is 16.1. The molecule has 0 aromatic rings. The Morgan fingerprint density at radius 3 is 2.75 bits per heavy atom. The molecule has 16 heavy (non-hydrogen) atoms. The van der Waals surface area contributed by atoms with Gasteiger partial charge in [0.15, 0.2) is 5.78 Å². The molecule has 0 bridgehead atoms. The van der Waals surface area contributed by atoms with Gasteiger partial charge in [0.05, 0.1) is 0 Å². The summed E-state index contributed by atoms with van der Waals surface area (Å²) < 4.78 is 0. The van der Waals surface area contributed by atoms with Crippen molar-refractivity contribution < 1.29 is 4.79 Å². The molecule has 0 spiro atoms. The number of Topliss-reactive ketones (excluding diaryl/α,β-unsaturated/α-hetero) is 1. The summed E-state index contributed by atoms with van der Waals surface area (Å²) in [5.41, 5.74) is 3.71. The monoisotopic (exact) mass is 216 g/mol. The van der Waals surface area contributed by atoms with Gasteiger partial charge >= 0.3 is 0 Å². The molecule has 0 amide bonds. The molecule has 0 aliphatic heterocycles. The van der Waals surface area contributed by atoms with Crippen LogP contribution in [0.3, 0.4) is 0 Å². The summed E-state index contributed by atoms with van der Waals surface area (Å²) in [6.07, 6.45) is 8.09. The largest absolute Gasteiger partial charge is 0.295 e. The molecule has 2 aliphatic rings. The third-order valence-corrected chi connectivity index (χ3v) is 4.07. The Morgan fingerprint density at radius 1 is 1.44 bits per heavy atom. The van der Waals surface area contributed by atoms with Crippen molar-refractivity contribution >= 4 is 5.78 Å². The van der Waals surface area contributed by atoms with Crippen molar-refractivity contribution in [3.8, 4) is 0 Å². The van der Waals surface area contributed by atoms with E-state index in [1.54, 1.807) is 0 Å². The van der Waals surface area contributed by atoms with Gasteiger partial charge in [0, 0.05) is 6.42 Å². The van der Waals surface area contributed by atoms with Gasteiger partial charge in [0.25, 0.3) is 0 Å². The van der Waals surface area contributed by atoms with E-state index in [0.717, 1.165) is 12.0 Å². The Kier molecular flexibility index (Phi) is 2.65. The van der Waals surface area contributed by atoms with E-state index in [4.69, 9.17) is 0 Å². The van der Waals surface area contributed by atoms with Crippen LogP contribution in [0.25, 0.3) is 0 Å². The minimum atomic E-state index is 0.0505. The van der Waals surface area contributed by atoms with Crippen LogP contribution in [0.1, 0.15) is 40.5 Å². The number of allylic oxidation sites excluding steroid dienone is 6. The average molecular weight is 216 g/mol. The van der Waals surface area contributed by atoms with Crippen LogP contribution < -0.4 is 0 Å². The van der Waals surface area contributed by atoms with Crippen molar-refractivity contribution in [2.24, 2.45) is 11.3 Å². The van der Waals surface area contributed by atoms with Crippen LogP contribution in [0.4, 0.5) is 0 Å². The molecule has 0 aromatic heterocycles. The Hall–Kier alpha value is -1.11. The van der Waals surface area contributed by atoms with E-state index in [2.05, 4.69) is 32.1 Å². The number of hydrogen-bond donors (Lipinski definition) is 0. The third-order valence-electron chi connectivity index (χ3n) is 4.07. The van der Waals surface area contributed by atoms with Gasteiger partial charge in [0.2, 0.25) is 0 Å². The summed E-state index contributed by atoms with van der Waals surface area (Å²) >= 11 is 0. The summed E-state index contributed by atoms with van der Waals surface area (Å²) in [6.45, 7) is 8.50. The van der Waals surface area contributed by atoms with E-state index in [9.17, 15) is 4.79 Å². The smallest absolute Gasteiger partial charge is 0.159 e. The maximum atomic E-state index is 12.1. The molecule has 1 heteroatoms. The highest BCUT2D eigenvalue weighted by Gasteiger charge is 2.42. The van der Waals surface area contributed by atoms with Gasteiger partial charge < -0.3 is 0 Å². The van der Waals surface area contributed by atoms with Gasteiger partial charge in [0.1, 0.15) is 0 Å². The second-order valence-electron chi connectivity index (χ2n) is 5.61. The summed E-state index contributed by atoms with van der Waals surface area (Å²) in [7, 11) is 0. The van der Waals surface area contributed by atoms with Crippen LogP contribution in [0.15, 0.2) is 34.9 Å². The molecule has 0 N–H and O–H groups in total. The van der Waals surface area contributed by atoms with Crippen molar-refractivity contribution in [2.75, 3.05) is 0 Å². The summed E-state index contributed by atoms with van der Waals surface area (Å²) in [4.78, 5) is 12.1. The number of rotatable bonds is 0. The Bertz CT molecular complexity index is 419. The quantitative estimate of drug-likeness (QED) is 0.562. The predicted octanol–water partition coefficient (Wildman–Crippen LogP) is 3.82. The van der Waals surface area contributed by atoms with E-state index < -0.39 is 0 Å². The fourth-order valence-corrected chi connectivity index (χ4v) is 3.00. The maximum absolute atomic E-state index is 12.1. The lowest BCUT2D eigenvalue weighted by Crippen LogP contribution is -2.36. The van der Waals surface area contributed by atoms with Crippen molar-refractivity contribution in [1.29, 1.82) is 0 Å². The number of fused-ring (bicyclic) bond motifs is 1. The van der Waals surface area contributed by atoms with Gasteiger partial charge in [-0.05, 0) is 44.1 Å². The van der Waals surface area contributed by atoms with Gasteiger partial charge in [-0.2, -0.15) is 0 Å². The zero-order valence-electron chi connectivity index (χ0n) is 10.6. The van der Waals surface area contributed by atoms with E-state index in [1.807, 2.05) is 13.8 Å². The highest BCUT2D eigenvalue weighted by Crippen LogP contribution is 2.48. The van der Waals surface area contributed by atoms with E-state index in [-0.39, 0.29) is 5.41 Å². The predicted molar refractivity (Wildman–Crippen MR) is 67.1 cm³/mol. The second kappa shape index (κ2) is 3.73. The SMILES string of the molecule is CC1=CC=C[C@]2(C)CC(=O)C(=C(C)C)CC12. The lowest BCUT2D eigenvalue weighted by atomic mass is 9.61. The number of carbonyl (C=O) groups is 1. The zero-order chi connectivity index (χ0) is 11.9. The summed E-state index contributed by atoms with van der Waals surface area (Å²) in [6, 6.07) is 0. The van der Waals surface area contributed by atoms with Crippen LogP contribution in [0, 0.1) is 11.3 Å². The lowest BCUT2D eigenvalue weighted by Gasteiger charge is -2.42. The minimum absolute atomic E-state index is 0.0505. The first kappa shape index (κ1) is 11.4. The fraction of sp³-hybridized carbons (Fsp3) is 0.533. The van der Waals surface area contributed by atoms with E-state index in [0.29, 0.717) is 18.1 Å². The molecular formula is C15H20O. The molecule has 2 rings (SSSR count). The topological polar surface area (TPSA) is 17.1 Å². The van der Waals surface area contributed by atoms with Crippen LogP contribution in [-0.4, -0.2) is 5.78 Å². The number of carbonyl (C=O) groups excluding carboxylic acids is 1. The molecular weight excluding hydrogens is 196 g/mol. The fourth-order valence-electron chi connectivity index (χ4n) is 3.00. The van der Waals surface area contributed by atoms with Crippen molar-refractivity contribution in [2.45, 2.75) is 40.5 Å². The lowest BCUT2D eigenvalue weighted by molar-refractivity contribution is -0.119. The Balaban J connectivity index is 2.40. The summed E-state index contributed by atoms with van der Waals surface area (Å²) in [5.74, 6) is 0.859. The Labute approximate surface area is 97.9 Å². The molecule has 2 atom stereocenters. The van der Waals surface area contributed by atoms with Crippen LogP contribution in [0.2, 0.25) is 0 Å². The third kappa shape index (κ3) is 1.68. The van der Waals surface area contributed by atoms with Crippen molar-refractivity contribution in [3.63, 3.8) is 0 Å². The first-order chi connectivity index (χ1) is 7.44. The van der Waals surface area contributed by atoms with Crippen LogP contribution >= 0.6 is 0 Å². The van der Waals surface area contributed by atoms with Gasteiger partial charge in [-0.15, -0.1) is 0 Å². The Morgan fingerprint density at radius 2 is 2.12 bits per heavy atom. The number of hydrogen-bond acceptors (Lipinski definition) is 1. The molecule has 1 unspecified atom stereocenters. The van der Waals surface area contributed by atoms with Crippen LogP contribution in [0.5, 0.6) is 0 Å². The van der Waals surface area contributed by atoms with Crippen LogP contribution in [-0.2, 0) is 4.79 Å². The molecule has 0 radical (unpaired) electrons. The first-order valence-corrected chi connectivity index (χ1v) is 5.99. The minimum Gasteiger partial charge on any atom is -0.295 e. The molecule has 2 aliphatic carbocycles. The van der Waals surface area contributed by atoms with Gasteiger partial charge in [-0.25, -0.2) is 0 Å². The van der Waals surface area contributed by atoms with Gasteiger partial charge in [-0.3, -0.25) is 4.79 Å². The summed E-state index contributed by atoms with van der Waals surface area (Å²) in [5, 5.41) is 0. The van der Waals surface area contributed by atoms with E-state index >= 15 is 0 Å². The van der Waals surface area contributed by atoms with Crippen molar-refractivity contribution in [3.05, 3.63) is 34.9 Å². The normalized spacial score (nSPS) is 33.5. The van der Waals surface area contributed by atoms with Gasteiger partial charge in [-0.1, -0.05) is 36.3 Å². The molecule has 1 fully saturated rings. The molecule has 0 heterocycles. The molecule has 1 saturated carbocycles. The molecule has 86 valence electrons. The maximum Gasteiger partial charge on any atom is 0.159 e. The average Bonchev–Trinajstić information content (AvgIpc) is 2.15. The zero-order valence-corrected chi connectivity index (χ0v) is 10.6. The molecule has 1 nitrogen and oxygen atoms in total. The highest BCUT2D eigenvalue weighted by molar-refractivity contribution is 5.97. The standard InChI is InChI=1S/C15H20O/c1-10(2)12-8-13-11(3)6-5-7-15(13,4)9-14(12)16/h5-7,13H,8-9H2,1-4H3/t13?,15-/m1/s1. The number of ketones is 1. The van der Waals surface area contributed by atoms with E-state index in [1.165, 1.54) is 11.1 Å².